The monoisotopic (exact) mass is 227 g/mol. The van der Waals surface area contributed by atoms with E-state index in [-0.39, 0.29) is 5.41 Å². The van der Waals surface area contributed by atoms with Gasteiger partial charge in [0, 0.05) is 24.7 Å². The number of hydrogen-bond donors (Lipinski definition) is 1. The van der Waals surface area contributed by atoms with Crippen molar-refractivity contribution in [1.29, 1.82) is 0 Å². The van der Waals surface area contributed by atoms with Crippen LogP contribution in [0.2, 0.25) is 0 Å². The molecule has 0 saturated carbocycles. The summed E-state index contributed by atoms with van der Waals surface area (Å²) >= 11 is 1.27. The van der Waals surface area contributed by atoms with E-state index >= 15 is 0 Å². The molecular weight excluding hydrogens is 210 g/mol. The first-order valence-electron chi connectivity index (χ1n) is 4.82. The molecule has 15 heavy (non-hydrogen) atoms. The van der Waals surface area contributed by atoms with Gasteiger partial charge in [-0.1, -0.05) is 20.8 Å². The third kappa shape index (κ3) is 3.55. The van der Waals surface area contributed by atoms with Crippen molar-refractivity contribution in [2.45, 2.75) is 20.8 Å². The number of hydrogen-bond acceptors (Lipinski definition) is 3. The van der Waals surface area contributed by atoms with Crippen LogP contribution in [0.3, 0.4) is 0 Å². The van der Waals surface area contributed by atoms with Gasteiger partial charge in [-0.2, -0.15) is 0 Å². The third-order valence-corrected chi connectivity index (χ3v) is 2.85. The lowest BCUT2D eigenvalue weighted by atomic mass is 9.96. The number of carboxylic acids is 1. The van der Waals surface area contributed by atoms with Gasteiger partial charge in [-0.05, 0) is 11.5 Å². The lowest BCUT2D eigenvalue weighted by Gasteiger charge is -2.27. The van der Waals surface area contributed by atoms with Crippen LogP contribution in [0.4, 0.5) is 5.69 Å². The highest BCUT2D eigenvalue weighted by Crippen LogP contribution is 2.25. The number of thiophene rings is 1. The van der Waals surface area contributed by atoms with Crippen LogP contribution < -0.4 is 4.90 Å². The molecule has 0 aliphatic rings. The molecule has 0 spiro atoms. The zero-order chi connectivity index (χ0) is 11.6. The van der Waals surface area contributed by atoms with Crippen molar-refractivity contribution in [1.82, 2.24) is 0 Å². The Bertz CT molecular complexity index is 352. The van der Waals surface area contributed by atoms with Gasteiger partial charge in [0.05, 0.1) is 0 Å². The minimum atomic E-state index is -0.851. The Hall–Kier alpha value is -1.03. The Morgan fingerprint density at radius 1 is 1.53 bits per heavy atom. The molecule has 3 nitrogen and oxygen atoms in total. The minimum Gasteiger partial charge on any atom is -0.477 e. The van der Waals surface area contributed by atoms with Crippen molar-refractivity contribution in [3.05, 3.63) is 16.3 Å². The van der Waals surface area contributed by atoms with E-state index in [4.69, 9.17) is 5.11 Å². The molecule has 1 rings (SSSR count). The molecule has 84 valence electrons. The molecule has 1 heterocycles. The number of aromatic carboxylic acids is 1. The van der Waals surface area contributed by atoms with Gasteiger partial charge in [-0.25, -0.2) is 4.79 Å². The Morgan fingerprint density at radius 2 is 2.13 bits per heavy atom. The Labute approximate surface area is 94.3 Å². The highest BCUT2D eigenvalue weighted by molar-refractivity contribution is 7.12. The molecule has 0 atom stereocenters. The van der Waals surface area contributed by atoms with Gasteiger partial charge < -0.3 is 10.0 Å². The fourth-order valence-electron chi connectivity index (χ4n) is 1.44. The topological polar surface area (TPSA) is 40.5 Å². The van der Waals surface area contributed by atoms with E-state index in [1.165, 1.54) is 11.3 Å². The standard InChI is InChI=1S/C11H17NO2S/c1-11(2,3)7-12(4)8-5-9(10(13)14)15-6-8/h5-6H,7H2,1-4H3,(H,13,14). The maximum atomic E-state index is 10.7. The molecule has 0 aliphatic heterocycles. The molecule has 0 aromatic carbocycles. The maximum Gasteiger partial charge on any atom is 0.345 e. The smallest absolute Gasteiger partial charge is 0.345 e. The van der Waals surface area contributed by atoms with E-state index in [1.807, 2.05) is 12.4 Å². The van der Waals surface area contributed by atoms with Crippen LogP contribution >= 0.6 is 11.3 Å². The van der Waals surface area contributed by atoms with Crippen molar-refractivity contribution < 1.29 is 9.90 Å². The largest absolute Gasteiger partial charge is 0.477 e. The first-order chi connectivity index (χ1) is 6.79. The summed E-state index contributed by atoms with van der Waals surface area (Å²) in [5, 5.41) is 10.7. The van der Waals surface area contributed by atoms with Gasteiger partial charge in [0.2, 0.25) is 0 Å². The molecule has 0 bridgehead atoms. The number of rotatable bonds is 3. The van der Waals surface area contributed by atoms with Crippen LogP contribution in [0.15, 0.2) is 11.4 Å². The van der Waals surface area contributed by atoms with Crippen molar-refractivity contribution >= 4 is 23.0 Å². The first-order valence-corrected chi connectivity index (χ1v) is 5.70. The van der Waals surface area contributed by atoms with Gasteiger partial charge in [-0.15, -0.1) is 11.3 Å². The fourth-order valence-corrected chi connectivity index (χ4v) is 2.23. The average Bonchev–Trinajstić information content (AvgIpc) is 2.47. The number of anilines is 1. The van der Waals surface area contributed by atoms with Gasteiger partial charge in [0.15, 0.2) is 0 Å². The van der Waals surface area contributed by atoms with Gasteiger partial charge in [0.25, 0.3) is 0 Å². The molecule has 0 saturated heterocycles. The zero-order valence-electron chi connectivity index (χ0n) is 9.57. The number of nitrogens with zero attached hydrogens (tertiary/aromatic N) is 1. The molecule has 0 radical (unpaired) electrons. The van der Waals surface area contributed by atoms with E-state index in [1.54, 1.807) is 6.07 Å². The van der Waals surface area contributed by atoms with Crippen LogP contribution in [0, 0.1) is 5.41 Å². The summed E-state index contributed by atoms with van der Waals surface area (Å²) in [4.78, 5) is 13.2. The molecule has 0 fully saturated rings. The predicted molar refractivity (Wildman–Crippen MR) is 64.0 cm³/mol. The Balaban J connectivity index is 2.74. The van der Waals surface area contributed by atoms with E-state index in [0.29, 0.717) is 4.88 Å². The average molecular weight is 227 g/mol. The van der Waals surface area contributed by atoms with Crippen molar-refractivity contribution in [2.24, 2.45) is 5.41 Å². The van der Waals surface area contributed by atoms with E-state index < -0.39 is 5.97 Å². The van der Waals surface area contributed by atoms with Crippen LogP contribution in [0.1, 0.15) is 30.4 Å². The summed E-state index contributed by atoms with van der Waals surface area (Å²) in [5.41, 5.74) is 1.19. The molecule has 1 aromatic heterocycles. The van der Waals surface area contributed by atoms with Crippen LogP contribution in [0.5, 0.6) is 0 Å². The molecule has 4 heteroatoms. The summed E-state index contributed by atoms with van der Waals surface area (Å²) in [5.74, 6) is -0.851. The molecule has 1 aromatic rings. The third-order valence-electron chi connectivity index (χ3n) is 1.95. The summed E-state index contributed by atoms with van der Waals surface area (Å²) in [7, 11) is 1.99. The minimum absolute atomic E-state index is 0.208. The molecule has 0 amide bonds. The summed E-state index contributed by atoms with van der Waals surface area (Å²) < 4.78 is 0. The van der Waals surface area contributed by atoms with Crippen LogP contribution in [-0.4, -0.2) is 24.7 Å². The summed E-state index contributed by atoms with van der Waals surface area (Å²) in [6.07, 6.45) is 0. The second-order valence-corrected chi connectivity index (χ2v) is 5.80. The van der Waals surface area contributed by atoms with E-state index in [9.17, 15) is 4.79 Å². The second-order valence-electron chi connectivity index (χ2n) is 4.89. The fraction of sp³-hybridized carbons (Fsp3) is 0.545. The second kappa shape index (κ2) is 4.23. The molecule has 0 unspecified atom stereocenters. The lowest BCUT2D eigenvalue weighted by Crippen LogP contribution is -2.28. The highest BCUT2D eigenvalue weighted by atomic mass is 32.1. The van der Waals surface area contributed by atoms with Crippen molar-refractivity contribution in [3.8, 4) is 0 Å². The normalized spacial score (nSPS) is 11.5. The maximum absolute atomic E-state index is 10.7. The van der Waals surface area contributed by atoms with Crippen molar-refractivity contribution in [2.75, 3.05) is 18.5 Å². The Morgan fingerprint density at radius 3 is 2.53 bits per heavy atom. The van der Waals surface area contributed by atoms with Crippen LogP contribution in [-0.2, 0) is 0 Å². The zero-order valence-corrected chi connectivity index (χ0v) is 10.4. The van der Waals surface area contributed by atoms with E-state index in [0.717, 1.165) is 12.2 Å². The molecule has 1 N–H and O–H groups in total. The van der Waals surface area contributed by atoms with Crippen molar-refractivity contribution in [3.63, 3.8) is 0 Å². The van der Waals surface area contributed by atoms with Crippen LogP contribution in [0.25, 0.3) is 0 Å². The van der Waals surface area contributed by atoms with Gasteiger partial charge in [0.1, 0.15) is 4.88 Å². The number of carbonyl (C=O) groups is 1. The highest BCUT2D eigenvalue weighted by Gasteiger charge is 2.16. The SMILES string of the molecule is CN(CC(C)(C)C)c1csc(C(=O)O)c1. The first kappa shape index (κ1) is 12.0. The summed E-state index contributed by atoms with van der Waals surface area (Å²) in [6.45, 7) is 7.39. The quantitative estimate of drug-likeness (QED) is 0.863. The van der Waals surface area contributed by atoms with Gasteiger partial charge >= 0.3 is 5.97 Å². The molecule has 0 aliphatic carbocycles. The Kier molecular flexibility index (Phi) is 3.39. The summed E-state index contributed by atoms with van der Waals surface area (Å²) in [6, 6.07) is 1.72. The predicted octanol–water partition coefficient (Wildman–Crippen LogP) is 2.93. The lowest BCUT2D eigenvalue weighted by molar-refractivity contribution is 0.0702. The van der Waals surface area contributed by atoms with Gasteiger partial charge in [-0.3, -0.25) is 0 Å². The molecular formula is C11H17NO2S. The van der Waals surface area contributed by atoms with E-state index in [2.05, 4.69) is 25.7 Å². The number of carboxylic acid groups (broad SMARTS) is 1.